The summed E-state index contributed by atoms with van der Waals surface area (Å²) >= 11 is 0. The Hall–Kier alpha value is -1.91. The lowest BCUT2D eigenvalue weighted by atomic mass is 10.1. The molecule has 1 N–H and O–H groups in total. The van der Waals surface area contributed by atoms with Crippen LogP contribution < -0.4 is 5.32 Å². The van der Waals surface area contributed by atoms with Crippen LogP contribution in [0.25, 0.3) is 0 Å². The van der Waals surface area contributed by atoms with Gasteiger partial charge in [-0.15, -0.1) is 0 Å². The summed E-state index contributed by atoms with van der Waals surface area (Å²) in [6.45, 7) is 4.43. The second-order valence-electron chi connectivity index (χ2n) is 4.68. The summed E-state index contributed by atoms with van der Waals surface area (Å²) in [5, 5.41) is 2.75. The molecule has 0 bridgehead atoms. The van der Waals surface area contributed by atoms with Crippen molar-refractivity contribution in [2.75, 3.05) is 13.1 Å². The highest BCUT2D eigenvalue weighted by atomic mass is 19.1. The first-order valence-electron chi connectivity index (χ1n) is 6.39. The van der Waals surface area contributed by atoms with Crippen molar-refractivity contribution in [1.29, 1.82) is 0 Å². The number of amides is 2. The molecule has 1 aliphatic rings. The van der Waals surface area contributed by atoms with E-state index < -0.39 is 6.04 Å². The zero-order valence-corrected chi connectivity index (χ0v) is 11.1. The number of carbonyl (C=O) groups is 2. The molecule has 2 rings (SSSR count). The van der Waals surface area contributed by atoms with E-state index in [2.05, 4.69) is 5.32 Å². The van der Waals surface area contributed by atoms with E-state index in [1.807, 2.05) is 6.92 Å². The fourth-order valence-corrected chi connectivity index (χ4v) is 2.31. The second-order valence-corrected chi connectivity index (χ2v) is 4.68. The average Bonchev–Trinajstić information content (AvgIpc) is 2.40. The van der Waals surface area contributed by atoms with E-state index in [-0.39, 0.29) is 17.6 Å². The van der Waals surface area contributed by atoms with Crippen LogP contribution in [0, 0.1) is 12.7 Å². The SMILES string of the molecule is CCC1C(=O)NCCN1C(=O)c1ccc(F)c(C)c1. The number of hydrogen-bond donors (Lipinski definition) is 1. The van der Waals surface area contributed by atoms with Crippen LogP contribution in [-0.4, -0.2) is 35.8 Å². The molecule has 4 nitrogen and oxygen atoms in total. The number of rotatable bonds is 2. The monoisotopic (exact) mass is 264 g/mol. The van der Waals surface area contributed by atoms with Gasteiger partial charge in [-0.2, -0.15) is 0 Å². The maximum atomic E-state index is 13.2. The summed E-state index contributed by atoms with van der Waals surface area (Å²) in [6, 6.07) is 3.83. The molecular weight excluding hydrogens is 247 g/mol. The number of aryl methyl sites for hydroxylation is 1. The van der Waals surface area contributed by atoms with Crippen LogP contribution in [0.1, 0.15) is 29.3 Å². The first kappa shape index (κ1) is 13.5. The molecule has 0 aromatic heterocycles. The topological polar surface area (TPSA) is 49.4 Å². The van der Waals surface area contributed by atoms with E-state index in [1.54, 1.807) is 11.8 Å². The van der Waals surface area contributed by atoms with Crippen LogP contribution in [-0.2, 0) is 4.79 Å². The standard InChI is InChI=1S/C14H17FN2O2/c1-3-12-13(18)16-6-7-17(12)14(19)10-4-5-11(15)9(2)8-10/h4-5,8,12H,3,6-7H2,1-2H3,(H,16,18). The van der Waals surface area contributed by atoms with Gasteiger partial charge in [0.25, 0.3) is 5.91 Å². The molecule has 0 spiro atoms. The van der Waals surface area contributed by atoms with Gasteiger partial charge in [-0.3, -0.25) is 9.59 Å². The predicted octanol–water partition coefficient (Wildman–Crippen LogP) is 1.48. The lowest BCUT2D eigenvalue weighted by Gasteiger charge is -2.34. The van der Waals surface area contributed by atoms with Gasteiger partial charge >= 0.3 is 0 Å². The van der Waals surface area contributed by atoms with Crippen molar-refractivity contribution in [2.45, 2.75) is 26.3 Å². The summed E-state index contributed by atoms with van der Waals surface area (Å²) in [5.74, 6) is -0.675. The Morgan fingerprint density at radius 3 is 2.89 bits per heavy atom. The van der Waals surface area contributed by atoms with E-state index in [1.165, 1.54) is 18.2 Å². The third-order valence-corrected chi connectivity index (χ3v) is 3.38. The van der Waals surface area contributed by atoms with Crippen LogP contribution in [0.5, 0.6) is 0 Å². The number of benzene rings is 1. The Labute approximate surface area is 111 Å². The quantitative estimate of drug-likeness (QED) is 0.879. The Morgan fingerprint density at radius 1 is 1.53 bits per heavy atom. The number of nitrogens with zero attached hydrogens (tertiary/aromatic N) is 1. The summed E-state index contributed by atoms with van der Waals surface area (Å²) in [4.78, 5) is 25.7. The lowest BCUT2D eigenvalue weighted by molar-refractivity contribution is -0.127. The van der Waals surface area contributed by atoms with Crippen LogP contribution in [0.4, 0.5) is 4.39 Å². The minimum absolute atomic E-state index is 0.124. The number of hydrogen-bond acceptors (Lipinski definition) is 2. The number of piperazine rings is 1. The molecule has 1 aliphatic heterocycles. The zero-order chi connectivity index (χ0) is 14.0. The molecule has 1 aromatic carbocycles. The van der Waals surface area contributed by atoms with Gasteiger partial charge < -0.3 is 10.2 Å². The molecule has 102 valence electrons. The van der Waals surface area contributed by atoms with Crippen molar-refractivity contribution in [3.05, 3.63) is 35.1 Å². The molecule has 1 unspecified atom stereocenters. The van der Waals surface area contributed by atoms with Crippen LogP contribution >= 0.6 is 0 Å². The van der Waals surface area contributed by atoms with Gasteiger partial charge in [-0.05, 0) is 37.1 Å². The Balaban J connectivity index is 2.26. The van der Waals surface area contributed by atoms with Crippen molar-refractivity contribution in [3.63, 3.8) is 0 Å². The largest absolute Gasteiger partial charge is 0.353 e. The van der Waals surface area contributed by atoms with Crippen LogP contribution in [0.3, 0.4) is 0 Å². The summed E-state index contributed by atoms with van der Waals surface area (Å²) in [5.41, 5.74) is 0.854. The van der Waals surface area contributed by atoms with E-state index >= 15 is 0 Å². The van der Waals surface area contributed by atoms with E-state index in [0.29, 0.717) is 30.6 Å². The average molecular weight is 264 g/mol. The minimum atomic E-state index is -0.438. The molecule has 1 fully saturated rings. The van der Waals surface area contributed by atoms with Crippen molar-refractivity contribution < 1.29 is 14.0 Å². The molecule has 0 saturated carbocycles. The first-order chi connectivity index (χ1) is 9.04. The summed E-state index contributed by atoms with van der Waals surface area (Å²) < 4.78 is 13.2. The smallest absolute Gasteiger partial charge is 0.254 e. The number of halogens is 1. The van der Waals surface area contributed by atoms with Gasteiger partial charge in [-0.1, -0.05) is 6.92 Å². The Kier molecular flexibility index (Phi) is 3.83. The zero-order valence-electron chi connectivity index (χ0n) is 11.1. The normalized spacial score (nSPS) is 19.2. The summed E-state index contributed by atoms with van der Waals surface area (Å²) in [6.07, 6.45) is 0.567. The van der Waals surface area contributed by atoms with Gasteiger partial charge in [0.1, 0.15) is 11.9 Å². The number of nitrogens with one attached hydrogen (secondary N) is 1. The fraction of sp³-hybridized carbons (Fsp3) is 0.429. The van der Waals surface area contributed by atoms with Crippen LogP contribution in [0.15, 0.2) is 18.2 Å². The Bertz CT molecular complexity index is 516. The lowest BCUT2D eigenvalue weighted by Crippen LogP contribution is -2.56. The maximum absolute atomic E-state index is 13.2. The third kappa shape index (κ3) is 2.59. The van der Waals surface area contributed by atoms with E-state index in [0.717, 1.165) is 0 Å². The molecule has 1 saturated heterocycles. The second kappa shape index (κ2) is 5.38. The highest BCUT2D eigenvalue weighted by molar-refractivity contribution is 5.98. The van der Waals surface area contributed by atoms with Gasteiger partial charge in [0.15, 0.2) is 0 Å². The maximum Gasteiger partial charge on any atom is 0.254 e. The Morgan fingerprint density at radius 2 is 2.26 bits per heavy atom. The summed E-state index contributed by atoms with van der Waals surface area (Å²) in [7, 11) is 0. The molecule has 1 atom stereocenters. The highest BCUT2D eigenvalue weighted by Gasteiger charge is 2.32. The van der Waals surface area contributed by atoms with Gasteiger partial charge in [0, 0.05) is 18.7 Å². The van der Waals surface area contributed by atoms with E-state index in [9.17, 15) is 14.0 Å². The molecule has 19 heavy (non-hydrogen) atoms. The van der Waals surface area contributed by atoms with Gasteiger partial charge in [0.2, 0.25) is 5.91 Å². The van der Waals surface area contributed by atoms with Crippen molar-refractivity contribution in [2.24, 2.45) is 0 Å². The van der Waals surface area contributed by atoms with Crippen molar-refractivity contribution in [1.82, 2.24) is 10.2 Å². The fourth-order valence-electron chi connectivity index (χ4n) is 2.31. The molecule has 0 aliphatic carbocycles. The molecule has 1 aromatic rings. The van der Waals surface area contributed by atoms with Gasteiger partial charge in [-0.25, -0.2) is 4.39 Å². The van der Waals surface area contributed by atoms with Crippen LogP contribution in [0.2, 0.25) is 0 Å². The predicted molar refractivity (Wildman–Crippen MR) is 69.3 cm³/mol. The third-order valence-electron chi connectivity index (χ3n) is 3.38. The van der Waals surface area contributed by atoms with Crippen molar-refractivity contribution in [3.8, 4) is 0 Å². The van der Waals surface area contributed by atoms with Gasteiger partial charge in [0.05, 0.1) is 0 Å². The number of carbonyl (C=O) groups excluding carboxylic acids is 2. The molecule has 2 amide bonds. The molecular formula is C14H17FN2O2. The van der Waals surface area contributed by atoms with Crippen molar-refractivity contribution >= 4 is 11.8 Å². The minimum Gasteiger partial charge on any atom is -0.353 e. The molecule has 0 radical (unpaired) electrons. The van der Waals surface area contributed by atoms with E-state index in [4.69, 9.17) is 0 Å². The molecule has 5 heteroatoms. The highest BCUT2D eigenvalue weighted by Crippen LogP contribution is 2.16. The molecule has 1 heterocycles. The first-order valence-corrected chi connectivity index (χ1v) is 6.39.